The van der Waals surface area contributed by atoms with Crippen molar-refractivity contribution in [2.45, 2.75) is 6.04 Å². The number of rotatable bonds is 2. The zero-order valence-corrected chi connectivity index (χ0v) is 11.2. The van der Waals surface area contributed by atoms with Crippen LogP contribution in [0.2, 0.25) is 5.02 Å². The minimum atomic E-state index is -0.294. The normalized spacial score (nSPS) is 12.5. The number of hydrogen-bond donors (Lipinski definition) is 1. The molecule has 0 aromatic heterocycles. The predicted octanol–water partition coefficient (Wildman–Crippen LogP) is 4.29. The topological polar surface area (TPSA) is 26.0 Å². The molecule has 0 fully saturated rings. The van der Waals surface area contributed by atoms with Crippen molar-refractivity contribution in [1.82, 2.24) is 0 Å². The van der Waals surface area contributed by atoms with Gasteiger partial charge in [-0.15, -0.1) is 0 Å². The van der Waals surface area contributed by atoms with Crippen LogP contribution in [0.25, 0.3) is 0 Å². The van der Waals surface area contributed by atoms with Crippen molar-refractivity contribution in [2.75, 3.05) is 0 Å². The molecule has 0 saturated heterocycles. The average molecular weight is 315 g/mol. The molecule has 2 aromatic carbocycles. The molecule has 0 amide bonds. The summed E-state index contributed by atoms with van der Waals surface area (Å²) >= 11 is 8.96. The summed E-state index contributed by atoms with van der Waals surface area (Å²) in [5.41, 5.74) is 7.88. The van der Waals surface area contributed by atoms with Crippen LogP contribution < -0.4 is 5.73 Å². The van der Waals surface area contributed by atoms with Crippen LogP contribution in [-0.4, -0.2) is 0 Å². The summed E-state index contributed by atoms with van der Waals surface area (Å²) in [5, 5.41) is 0.668. The molecule has 0 radical (unpaired) electrons. The zero-order valence-electron chi connectivity index (χ0n) is 8.83. The minimum Gasteiger partial charge on any atom is -0.320 e. The van der Waals surface area contributed by atoms with E-state index in [9.17, 15) is 4.39 Å². The molecule has 1 atom stereocenters. The summed E-state index contributed by atoms with van der Waals surface area (Å²) in [6, 6.07) is 11.8. The van der Waals surface area contributed by atoms with Gasteiger partial charge in [-0.2, -0.15) is 0 Å². The summed E-state index contributed by atoms with van der Waals surface area (Å²) < 4.78 is 13.5. The van der Waals surface area contributed by atoms with E-state index in [1.165, 1.54) is 6.07 Å². The first-order chi connectivity index (χ1) is 8.08. The maximum atomic E-state index is 13.1. The van der Waals surface area contributed by atoms with Crippen LogP contribution in [0, 0.1) is 5.82 Å². The summed E-state index contributed by atoms with van der Waals surface area (Å²) in [6.45, 7) is 0. The summed E-state index contributed by atoms with van der Waals surface area (Å²) in [5.74, 6) is -0.294. The van der Waals surface area contributed by atoms with E-state index in [0.717, 1.165) is 11.1 Å². The SMILES string of the molecule is NC(c1ccc(Cl)cc1)c1ccc(F)c(Br)c1. The molecule has 1 unspecified atom stereocenters. The molecule has 0 aliphatic heterocycles. The molecule has 1 nitrogen and oxygen atoms in total. The van der Waals surface area contributed by atoms with Gasteiger partial charge in [-0.25, -0.2) is 4.39 Å². The number of hydrogen-bond acceptors (Lipinski definition) is 1. The maximum Gasteiger partial charge on any atom is 0.137 e. The molecule has 0 bridgehead atoms. The molecule has 0 aliphatic rings. The Balaban J connectivity index is 2.33. The van der Waals surface area contributed by atoms with Crippen LogP contribution in [0.4, 0.5) is 4.39 Å². The highest BCUT2D eigenvalue weighted by Gasteiger charge is 2.10. The minimum absolute atomic E-state index is 0.288. The fraction of sp³-hybridized carbons (Fsp3) is 0.0769. The van der Waals surface area contributed by atoms with E-state index in [1.54, 1.807) is 24.3 Å². The lowest BCUT2D eigenvalue weighted by Gasteiger charge is -2.13. The van der Waals surface area contributed by atoms with E-state index in [1.807, 2.05) is 12.1 Å². The smallest absolute Gasteiger partial charge is 0.137 e. The third-order valence-electron chi connectivity index (χ3n) is 2.53. The number of halogens is 3. The fourth-order valence-corrected chi connectivity index (χ4v) is 2.09. The molecule has 0 spiro atoms. The monoisotopic (exact) mass is 313 g/mol. The van der Waals surface area contributed by atoms with E-state index in [2.05, 4.69) is 15.9 Å². The van der Waals surface area contributed by atoms with Crippen LogP contribution in [-0.2, 0) is 0 Å². The molecular weight excluding hydrogens is 305 g/mol. The summed E-state index contributed by atoms with van der Waals surface area (Å²) in [7, 11) is 0. The molecule has 0 saturated carbocycles. The van der Waals surface area contributed by atoms with Crippen molar-refractivity contribution < 1.29 is 4.39 Å². The highest BCUT2D eigenvalue weighted by atomic mass is 79.9. The van der Waals surface area contributed by atoms with Crippen LogP contribution in [0.1, 0.15) is 17.2 Å². The van der Waals surface area contributed by atoms with Crippen LogP contribution in [0.3, 0.4) is 0 Å². The van der Waals surface area contributed by atoms with Crippen molar-refractivity contribution >= 4 is 27.5 Å². The Morgan fingerprint density at radius 3 is 2.24 bits per heavy atom. The molecule has 4 heteroatoms. The Bertz CT molecular complexity index is 527. The second-order valence-electron chi connectivity index (χ2n) is 3.70. The van der Waals surface area contributed by atoms with Gasteiger partial charge in [-0.3, -0.25) is 0 Å². The van der Waals surface area contributed by atoms with Crippen LogP contribution in [0.5, 0.6) is 0 Å². The molecule has 2 rings (SSSR count). The van der Waals surface area contributed by atoms with Gasteiger partial charge >= 0.3 is 0 Å². The Labute approximate surface area is 113 Å². The van der Waals surface area contributed by atoms with Crippen molar-refractivity contribution in [2.24, 2.45) is 5.73 Å². The molecule has 0 heterocycles. The Morgan fingerprint density at radius 2 is 1.65 bits per heavy atom. The largest absolute Gasteiger partial charge is 0.320 e. The predicted molar refractivity (Wildman–Crippen MR) is 71.6 cm³/mol. The molecule has 17 heavy (non-hydrogen) atoms. The van der Waals surface area contributed by atoms with E-state index in [4.69, 9.17) is 17.3 Å². The van der Waals surface area contributed by atoms with Gasteiger partial charge in [0.25, 0.3) is 0 Å². The third kappa shape index (κ3) is 2.86. The average Bonchev–Trinajstić information content (AvgIpc) is 2.33. The second kappa shape index (κ2) is 5.17. The highest BCUT2D eigenvalue weighted by Crippen LogP contribution is 2.25. The van der Waals surface area contributed by atoms with Crippen molar-refractivity contribution in [3.63, 3.8) is 0 Å². The molecule has 2 N–H and O–H groups in total. The van der Waals surface area contributed by atoms with Crippen molar-refractivity contribution in [1.29, 1.82) is 0 Å². The summed E-state index contributed by atoms with van der Waals surface area (Å²) in [6.07, 6.45) is 0. The van der Waals surface area contributed by atoms with Gasteiger partial charge in [0.2, 0.25) is 0 Å². The van der Waals surface area contributed by atoms with Gasteiger partial charge in [-0.1, -0.05) is 29.8 Å². The van der Waals surface area contributed by atoms with Gasteiger partial charge < -0.3 is 5.73 Å². The van der Waals surface area contributed by atoms with Crippen molar-refractivity contribution in [3.8, 4) is 0 Å². The first kappa shape index (κ1) is 12.6. The van der Waals surface area contributed by atoms with E-state index in [-0.39, 0.29) is 11.9 Å². The van der Waals surface area contributed by atoms with E-state index >= 15 is 0 Å². The lowest BCUT2D eigenvalue weighted by molar-refractivity contribution is 0.619. The lowest BCUT2D eigenvalue weighted by atomic mass is 10.00. The number of benzene rings is 2. The zero-order chi connectivity index (χ0) is 12.4. The van der Waals surface area contributed by atoms with Gasteiger partial charge in [0, 0.05) is 5.02 Å². The third-order valence-corrected chi connectivity index (χ3v) is 3.39. The van der Waals surface area contributed by atoms with Gasteiger partial charge in [0.1, 0.15) is 5.82 Å². The van der Waals surface area contributed by atoms with Gasteiger partial charge in [0.05, 0.1) is 10.5 Å². The Kier molecular flexibility index (Phi) is 3.82. The quantitative estimate of drug-likeness (QED) is 0.879. The second-order valence-corrected chi connectivity index (χ2v) is 4.99. The van der Waals surface area contributed by atoms with Crippen LogP contribution >= 0.6 is 27.5 Å². The Hall–Kier alpha value is -0.900. The highest BCUT2D eigenvalue weighted by molar-refractivity contribution is 9.10. The lowest BCUT2D eigenvalue weighted by Crippen LogP contribution is -2.11. The fourth-order valence-electron chi connectivity index (χ4n) is 1.57. The van der Waals surface area contributed by atoms with Gasteiger partial charge in [0.15, 0.2) is 0 Å². The van der Waals surface area contributed by atoms with E-state index < -0.39 is 0 Å². The Morgan fingerprint density at radius 1 is 1.06 bits per heavy atom. The molecule has 88 valence electrons. The molecule has 0 aliphatic carbocycles. The first-order valence-electron chi connectivity index (χ1n) is 5.04. The molecular formula is C13H10BrClFN. The molecule has 2 aromatic rings. The first-order valence-corrected chi connectivity index (χ1v) is 6.21. The van der Waals surface area contributed by atoms with Crippen LogP contribution in [0.15, 0.2) is 46.9 Å². The maximum absolute atomic E-state index is 13.1. The van der Waals surface area contributed by atoms with Gasteiger partial charge in [-0.05, 0) is 51.3 Å². The number of nitrogens with two attached hydrogens (primary N) is 1. The van der Waals surface area contributed by atoms with Crippen molar-refractivity contribution in [3.05, 3.63) is 68.9 Å². The summed E-state index contributed by atoms with van der Waals surface area (Å²) in [4.78, 5) is 0. The van der Waals surface area contributed by atoms with E-state index in [0.29, 0.717) is 9.50 Å². The standard InChI is InChI=1S/C13H10BrClFN/c14-11-7-9(3-6-12(11)16)13(17)8-1-4-10(15)5-2-8/h1-7,13H,17H2.